The molecule has 0 unspecified atom stereocenters. The average molecular weight is 627 g/mol. The van der Waals surface area contributed by atoms with E-state index in [9.17, 15) is 19.5 Å². The number of rotatable bonds is 7. The molecule has 46 heavy (non-hydrogen) atoms. The topological polar surface area (TPSA) is 124 Å². The number of hydrogen-bond acceptors (Lipinski definition) is 6. The highest BCUT2D eigenvalue weighted by atomic mass is 16.5. The second-order valence-electron chi connectivity index (χ2n) is 13.7. The molecule has 0 radical (unpaired) electrons. The zero-order chi connectivity index (χ0) is 32.8. The normalized spacial score (nSPS) is 22.9. The van der Waals surface area contributed by atoms with Gasteiger partial charge in [0.2, 0.25) is 5.91 Å². The van der Waals surface area contributed by atoms with E-state index in [0.717, 1.165) is 64.3 Å². The van der Waals surface area contributed by atoms with Crippen LogP contribution >= 0.6 is 0 Å². The van der Waals surface area contributed by atoms with Crippen molar-refractivity contribution in [3.05, 3.63) is 80.3 Å². The van der Waals surface area contributed by atoms with E-state index < -0.39 is 11.0 Å². The molecule has 1 saturated heterocycles. The van der Waals surface area contributed by atoms with Crippen LogP contribution in [0.5, 0.6) is 0 Å². The van der Waals surface area contributed by atoms with E-state index in [4.69, 9.17) is 4.74 Å². The standard InChI is InChI=1S/C37H46N4O5/c1-6-41(27-9-15-46-16-10-27)32-20-26(18-28(24(32)4)33(42)38-21-29-22(2)17-23(3)39-34(29)43)25-7-8-30-31(19-25)40-35(44)37(30)13-11-36(5,45)12-14-37/h7-8,17-20,27,45H,6,9-16,21H2,1-5H3,(H,38,42)(H,39,43)(H,40,44). The molecule has 2 amide bonds. The first-order valence-corrected chi connectivity index (χ1v) is 16.6. The van der Waals surface area contributed by atoms with Crippen LogP contribution in [0.3, 0.4) is 0 Å². The molecule has 6 rings (SSSR count). The molecule has 4 N–H and O–H groups in total. The fraction of sp³-hybridized carbons (Fsp3) is 0.486. The van der Waals surface area contributed by atoms with Crippen LogP contribution in [-0.2, 0) is 21.5 Å². The lowest BCUT2D eigenvalue weighted by molar-refractivity contribution is -0.124. The van der Waals surface area contributed by atoms with Gasteiger partial charge in [0.1, 0.15) is 0 Å². The van der Waals surface area contributed by atoms with E-state index in [-0.39, 0.29) is 23.9 Å². The van der Waals surface area contributed by atoms with Gasteiger partial charge in [-0.25, -0.2) is 0 Å². The fourth-order valence-electron chi connectivity index (χ4n) is 7.71. The van der Waals surface area contributed by atoms with Gasteiger partial charge in [-0.3, -0.25) is 14.4 Å². The maximum absolute atomic E-state index is 13.9. The van der Waals surface area contributed by atoms with Crippen molar-refractivity contribution in [3.63, 3.8) is 0 Å². The summed E-state index contributed by atoms with van der Waals surface area (Å²) in [5, 5.41) is 16.7. The molecule has 1 saturated carbocycles. The Morgan fingerprint density at radius 1 is 1.02 bits per heavy atom. The van der Waals surface area contributed by atoms with Gasteiger partial charge in [0.05, 0.1) is 11.0 Å². The number of pyridine rings is 1. The van der Waals surface area contributed by atoms with Crippen LogP contribution in [0.15, 0.2) is 41.2 Å². The maximum atomic E-state index is 13.9. The molecule has 1 aromatic heterocycles. The molecule has 0 atom stereocenters. The largest absolute Gasteiger partial charge is 0.390 e. The number of benzene rings is 2. The zero-order valence-corrected chi connectivity index (χ0v) is 27.6. The number of anilines is 2. The van der Waals surface area contributed by atoms with Crippen molar-refractivity contribution in [1.82, 2.24) is 10.3 Å². The highest BCUT2D eigenvalue weighted by molar-refractivity contribution is 6.07. The third-order valence-electron chi connectivity index (χ3n) is 10.6. The van der Waals surface area contributed by atoms with Crippen LogP contribution in [0.25, 0.3) is 11.1 Å². The van der Waals surface area contributed by atoms with Crippen LogP contribution < -0.4 is 21.1 Å². The SMILES string of the molecule is CCN(c1cc(-c2ccc3c(c2)NC(=O)C32CCC(C)(O)CC2)cc(C(=O)NCc2c(C)cc(C)[nH]c2=O)c1C)C1CCOCC1. The highest BCUT2D eigenvalue weighted by Gasteiger charge is 2.50. The lowest BCUT2D eigenvalue weighted by Crippen LogP contribution is -2.43. The molecule has 2 fully saturated rings. The smallest absolute Gasteiger partial charge is 0.253 e. The average Bonchev–Trinajstić information content (AvgIpc) is 3.29. The number of aryl methyl sites for hydroxylation is 2. The molecule has 3 aliphatic rings. The number of ether oxygens (including phenoxy) is 1. The summed E-state index contributed by atoms with van der Waals surface area (Å²) in [6.07, 6.45) is 4.19. The first-order valence-electron chi connectivity index (χ1n) is 16.6. The first-order chi connectivity index (χ1) is 21.9. The highest BCUT2D eigenvalue weighted by Crippen LogP contribution is 2.50. The Hall–Kier alpha value is -3.95. The van der Waals surface area contributed by atoms with E-state index in [1.165, 1.54) is 0 Å². The Balaban J connectivity index is 1.38. The summed E-state index contributed by atoms with van der Waals surface area (Å²) in [5.74, 6) is -0.247. The molecule has 2 aromatic carbocycles. The minimum Gasteiger partial charge on any atom is -0.390 e. The number of amides is 2. The van der Waals surface area contributed by atoms with Gasteiger partial charge in [0, 0.05) is 60.5 Å². The van der Waals surface area contributed by atoms with Crippen LogP contribution in [0, 0.1) is 20.8 Å². The Morgan fingerprint density at radius 3 is 2.41 bits per heavy atom. The van der Waals surface area contributed by atoms with Gasteiger partial charge in [-0.05, 0) is 125 Å². The van der Waals surface area contributed by atoms with Gasteiger partial charge in [-0.1, -0.05) is 12.1 Å². The van der Waals surface area contributed by atoms with E-state index in [1.54, 1.807) is 0 Å². The lowest BCUT2D eigenvalue weighted by atomic mass is 9.66. The molecular formula is C37H46N4O5. The van der Waals surface area contributed by atoms with Gasteiger partial charge in [-0.15, -0.1) is 0 Å². The minimum atomic E-state index is -0.745. The molecule has 244 valence electrons. The number of hydrogen-bond donors (Lipinski definition) is 4. The number of aliphatic hydroxyl groups is 1. The molecule has 9 nitrogen and oxygen atoms in total. The molecule has 1 spiro atoms. The van der Waals surface area contributed by atoms with E-state index in [1.807, 2.05) is 58.0 Å². The van der Waals surface area contributed by atoms with Crippen LogP contribution in [0.2, 0.25) is 0 Å². The second-order valence-corrected chi connectivity index (χ2v) is 13.7. The predicted molar refractivity (Wildman–Crippen MR) is 181 cm³/mol. The minimum absolute atomic E-state index is 0.00197. The number of fused-ring (bicyclic) bond motifs is 2. The summed E-state index contributed by atoms with van der Waals surface area (Å²) in [4.78, 5) is 45.2. The maximum Gasteiger partial charge on any atom is 0.253 e. The first kappa shape index (κ1) is 32.0. The number of aromatic nitrogens is 1. The number of nitrogens with zero attached hydrogens (tertiary/aromatic N) is 1. The van der Waals surface area contributed by atoms with Crippen molar-refractivity contribution >= 4 is 23.2 Å². The summed E-state index contributed by atoms with van der Waals surface area (Å²) in [5.41, 5.74) is 6.60. The second kappa shape index (κ2) is 12.3. The van der Waals surface area contributed by atoms with Crippen molar-refractivity contribution in [3.8, 4) is 11.1 Å². The molecular weight excluding hydrogens is 580 g/mol. The zero-order valence-electron chi connectivity index (χ0n) is 27.6. The quantitative estimate of drug-likeness (QED) is 0.278. The Morgan fingerprint density at radius 2 is 1.74 bits per heavy atom. The number of nitrogens with one attached hydrogen (secondary N) is 3. The fourth-order valence-corrected chi connectivity index (χ4v) is 7.71. The van der Waals surface area contributed by atoms with Crippen molar-refractivity contribution in [1.29, 1.82) is 0 Å². The molecule has 0 bridgehead atoms. The molecule has 2 aliphatic heterocycles. The molecule has 1 aliphatic carbocycles. The number of carbonyl (C=O) groups excluding carboxylic acids is 2. The van der Waals surface area contributed by atoms with Crippen molar-refractivity contribution in [2.45, 2.75) is 96.7 Å². The van der Waals surface area contributed by atoms with Crippen LogP contribution in [0.4, 0.5) is 11.4 Å². The van der Waals surface area contributed by atoms with Crippen molar-refractivity contribution < 1.29 is 19.4 Å². The Bertz CT molecular complexity index is 1730. The summed E-state index contributed by atoms with van der Waals surface area (Å²) in [6.45, 7) is 12.0. The van der Waals surface area contributed by atoms with Gasteiger partial charge in [0.15, 0.2) is 0 Å². The Labute approximate surface area is 270 Å². The molecule has 3 heterocycles. The number of aromatic amines is 1. The summed E-state index contributed by atoms with van der Waals surface area (Å²) < 4.78 is 5.66. The van der Waals surface area contributed by atoms with Gasteiger partial charge >= 0.3 is 0 Å². The van der Waals surface area contributed by atoms with Gasteiger partial charge in [0.25, 0.3) is 11.5 Å². The Kier molecular flexibility index (Phi) is 8.59. The van der Waals surface area contributed by atoms with Gasteiger partial charge in [-0.2, -0.15) is 0 Å². The number of carbonyl (C=O) groups is 2. The van der Waals surface area contributed by atoms with E-state index >= 15 is 0 Å². The van der Waals surface area contributed by atoms with Gasteiger partial charge < -0.3 is 30.4 Å². The summed E-state index contributed by atoms with van der Waals surface area (Å²) in [6, 6.07) is 12.4. The molecule has 3 aromatic rings. The summed E-state index contributed by atoms with van der Waals surface area (Å²) in [7, 11) is 0. The van der Waals surface area contributed by atoms with Crippen LogP contribution in [-0.4, -0.2) is 53.3 Å². The number of H-pyrrole nitrogens is 1. The van der Waals surface area contributed by atoms with Crippen molar-refractivity contribution in [2.24, 2.45) is 0 Å². The molecule has 9 heteroatoms. The van der Waals surface area contributed by atoms with E-state index in [0.29, 0.717) is 56.1 Å². The monoisotopic (exact) mass is 626 g/mol. The van der Waals surface area contributed by atoms with Crippen molar-refractivity contribution in [2.75, 3.05) is 30.0 Å². The predicted octanol–water partition coefficient (Wildman–Crippen LogP) is 5.42. The van der Waals surface area contributed by atoms with Crippen LogP contribution in [0.1, 0.15) is 90.7 Å². The summed E-state index contributed by atoms with van der Waals surface area (Å²) >= 11 is 0. The lowest BCUT2D eigenvalue weighted by Gasteiger charge is -2.39. The van der Waals surface area contributed by atoms with E-state index in [2.05, 4.69) is 33.5 Å². The third-order valence-corrected chi connectivity index (χ3v) is 10.6. The third kappa shape index (κ3) is 5.86.